The summed E-state index contributed by atoms with van der Waals surface area (Å²) in [6, 6.07) is -1.32. The number of nitrogens with zero attached hydrogens (tertiary/aromatic N) is 2. The highest BCUT2D eigenvalue weighted by Gasteiger charge is 2.20. The number of hydrogen-bond acceptors (Lipinski definition) is 4. The molecule has 0 radical (unpaired) electrons. The van der Waals surface area contributed by atoms with Crippen molar-refractivity contribution in [2.75, 3.05) is 6.61 Å². The van der Waals surface area contributed by atoms with Crippen molar-refractivity contribution in [3.63, 3.8) is 0 Å². The molecule has 0 fully saturated rings. The molecule has 8 heteroatoms. The molecule has 0 heterocycles. The minimum Gasteiger partial charge on any atom is -0.480 e. The largest absolute Gasteiger partial charge is 0.480 e. The Kier molecular flexibility index (Phi) is 5.35. The standard InChI is InChI=1S/C7H9N3O5/c1-4(11)10-5(7(13)14)3-15-6(12)2-9-8/h2,5H,3H2,1H3,(H,10,11)(H,13,14). The molecule has 2 N–H and O–H groups in total. The molecule has 0 aromatic rings. The Morgan fingerprint density at radius 1 is 1.60 bits per heavy atom. The van der Waals surface area contributed by atoms with Crippen molar-refractivity contribution < 1.29 is 29.0 Å². The first-order valence-electron chi connectivity index (χ1n) is 3.81. The van der Waals surface area contributed by atoms with Crippen molar-refractivity contribution in [2.24, 2.45) is 0 Å². The zero-order valence-corrected chi connectivity index (χ0v) is 7.84. The molecule has 0 bridgehead atoms. The number of ether oxygens (including phenoxy) is 1. The third-order valence-electron chi connectivity index (χ3n) is 1.23. The summed E-state index contributed by atoms with van der Waals surface area (Å²) in [6.07, 6.45) is 0.465. The molecule has 0 saturated heterocycles. The molecule has 0 aliphatic heterocycles. The zero-order valence-electron chi connectivity index (χ0n) is 7.84. The molecule has 0 rings (SSSR count). The molecule has 0 aliphatic carbocycles. The summed E-state index contributed by atoms with van der Waals surface area (Å²) in [5.74, 6) is -2.90. The van der Waals surface area contributed by atoms with Crippen molar-refractivity contribution >= 4 is 24.1 Å². The van der Waals surface area contributed by atoms with Gasteiger partial charge >= 0.3 is 18.2 Å². The van der Waals surface area contributed by atoms with Crippen LogP contribution in [0.25, 0.3) is 5.53 Å². The molecule has 0 aromatic carbocycles. The van der Waals surface area contributed by atoms with E-state index in [1.54, 1.807) is 0 Å². The second-order valence-electron chi connectivity index (χ2n) is 2.47. The van der Waals surface area contributed by atoms with E-state index in [2.05, 4.69) is 14.8 Å². The van der Waals surface area contributed by atoms with E-state index in [0.717, 1.165) is 6.92 Å². The van der Waals surface area contributed by atoms with Gasteiger partial charge in [0, 0.05) is 6.92 Å². The lowest BCUT2D eigenvalue weighted by atomic mass is 10.3. The van der Waals surface area contributed by atoms with Crippen LogP contribution in [-0.4, -0.2) is 46.6 Å². The quantitative estimate of drug-likeness (QED) is 0.247. The second kappa shape index (κ2) is 6.28. The topological polar surface area (TPSA) is 129 Å². The third-order valence-corrected chi connectivity index (χ3v) is 1.23. The third kappa shape index (κ3) is 5.94. The number of nitrogens with one attached hydrogen (secondary N) is 1. The van der Waals surface area contributed by atoms with E-state index >= 15 is 0 Å². The van der Waals surface area contributed by atoms with Gasteiger partial charge in [-0.3, -0.25) is 4.79 Å². The first-order valence-corrected chi connectivity index (χ1v) is 3.81. The van der Waals surface area contributed by atoms with Gasteiger partial charge < -0.3 is 20.7 Å². The molecule has 0 saturated carbocycles. The molecule has 0 aromatic heterocycles. The van der Waals surface area contributed by atoms with Crippen LogP contribution < -0.4 is 5.32 Å². The lowest BCUT2D eigenvalue weighted by Gasteiger charge is -2.11. The van der Waals surface area contributed by atoms with E-state index in [0.29, 0.717) is 6.21 Å². The Morgan fingerprint density at radius 3 is 2.60 bits per heavy atom. The number of rotatable bonds is 5. The zero-order chi connectivity index (χ0) is 11.8. The van der Waals surface area contributed by atoms with Gasteiger partial charge in [0.05, 0.1) is 0 Å². The first kappa shape index (κ1) is 12.8. The predicted molar refractivity (Wildman–Crippen MR) is 45.9 cm³/mol. The molecule has 0 spiro atoms. The SMILES string of the molecule is CC(=O)NC(COC(=O)C=[N+]=[N-])C(=O)O. The lowest BCUT2D eigenvalue weighted by molar-refractivity contribution is -0.147. The van der Waals surface area contributed by atoms with Gasteiger partial charge in [-0.1, -0.05) is 0 Å². The fourth-order valence-electron chi connectivity index (χ4n) is 0.670. The number of carbonyl (C=O) groups excluding carboxylic acids is 2. The summed E-state index contributed by atoms with van der Waals surface area (Å²) < 4.78 is 4.36. The van der Waals surface area contributed by atoms with Crippen LogP contribution in [0.5, 0.6) is 0 Å². The molecule has 8 nitrogen and oxygen atoms in total. The first-order chi connectivity index (χ1) is 6.97. The van der Waals surface area contributed by atoms with E-state index in [-0.39, 0.29) is 0 Å². The van der Waals surface area contributed by atoms with Crippen molar-refractivity contribution in [1.82, 2.24) is 5.32 Å². The van der Waals surface area contributed by atoms with Gasteiger partial charge in [0.1, 0.15) is 6.61 Å². The molecule has 1 atom stereocenters. The summed E-state index contributed by atoms with van der Waals surface area (Å²) >= 11 is 0. The molecule has 0 aliphatic rings. The average molecular weight is 215 g/mol. The minimum absolute atomic E-state index is 0.465. The van der Waals surface area contributed by atoms with Crippen molar-refractivity contribution in [3.8, 4) is 0 Å². The van der Waals surface area contributed by atoms with Crippen LogP contribution in [0.1, 0.15) is 6.92 Å². The lowest BCUT2D eigenvalue weighted by Crippen LogP contribution is -2.43. The summed E-state index contributed by atoms with van der Waals surface area (Å²) in [4.78, 5) is 34.1. The summed E-state index contributed by atoms with van der Waals surface area (Å²) in [6.45, 7) is 0.590. The Labute approximate surface area is 84.5 Å². The number of esters is 1. The Morgan fingerprint density at radius 2 is 2.20 bits per heavy atom. The Balaban J connectivity index is 4.18. The number of hydrogen-bond donors (Lipinski definition) is 2. The van der Waals surface area contributed by atoms with Gasteiger partial charge in [-0.25, -0.2) is 9.59 Å². The highest BCUT2D eigenvalue weighted by Crippen LogP contribution is 1.87. The molecule has 82 valence electrons. The molecule has 15 heavy (non-hydrogen) atoms. The number of carboxylic acids is 1. The molecule has 1 unspecified atom stereocenters. The maximum absolute atomic E-state index is 10.6. The van der Waals surface area contributed by atoms with E-state index in [9.17, 15) is 14.4 Å². The van der Waals surface area contributed by atoms with E-state index in [4.69, 9.17) is 10.6 Å². The number of amides is 1. The van der Waals surface area contributed by atoms with Gasteiger partial charge in [0.25, 0.3) is 0 Å². The van der Waals surface area contributed by atoms with Crippen LogP contribution in [0.15, 0.2) is 0 Å². The normalized spacial score (nSPS) is 10.7. The van der Waals surface area contributed by atoms with Crippen molar-refractivity contribution in [1.29, 1.82) is 0 Å². The van der Waals surface area contributed by atoms with E-state index in [1.807, 2.05) is 0 Å². The van der Waals surface area contributed by atoms with E-state index < -0.39 is 30.5 Å². The Bertz CT molecular complexity index is 321. The highest BCUT2D eigenvalue weighted by molar-refractivity contribution is 6.20. The fourth-order valence-corrected chi connectivity index (χ4v) is 0.670. The number of carboxylic acid groups (broad SMARTS) is 1. The van der Waals surface area contributed by atoms with Gasteiger partial charge in [0.15, 0.2) is 6.04 Å². The smallest absolute Gasteiger partial charge is 0.413 e. The molecular weight excluding hydrogens is 206 g/mol. The van der Waals surface area contributed by atoms with Gasteiger partial charge in [0.2, 0.25) is 5.91 Å². The van der Waals surface area contributed by atoms with Crippen molar-refractivity contribution in [3.05, 3.63) is 5.53 Å². The highest BCUT2D eigenvalue weighted by atomic mass is 16.5. The van der Waals surface area contributed by atoms with Gasteiger partial charge in [-0.05, 0) is 0 Å². The van der Waals surface area contributed by atoms with Gasteiger partial charge in [-0.15, -0.1) is 0 Å². The van der Waals surface area contributed by atoms with E-state index in [1.165, 1.54) is 0 Å². The van der Waals surface area contributed by atoms with Crippen LogP contribution in [-0.2, 0) is 19.1 Å². The molecule has 1 amide bonds. The van der Waals surface area contributed by atoms with Crippen LogP contribution in [0.4, 0.5) is 0 Å². The summed E-state index contributed by atoms with van der Waals surface area (Å²) in [5, 5.41) is 10.6. The van der Waals surface area contributed by atoms with Crippen LogP contribution in [0.2, 0.25) is 0 Å². The van der Waals surface area contributed by atoms with Crippen molar-refractivity contribution in [2.45, 2.75) is 13.0 Å². The van der Waals surface area contributed by atoms with Crippen LogP contribution in [0, 0.1) is 0 Å². The number of aliphatic carboxylic acids is 1. The monoisotopic (exact) mass is 215 g/mol. The van der Waals surface area contributed by atoms with Gasteiger partial charge in [-0.2, -0.15) is 4.79 Å². The second-order valence-corrected chi connectivity index (χ2v) is 2.47. The maximum Gasteiger partial charge on any atom is 0.413 e. The average Bonchev–Trinajstić information content (AvgIpc) is 2.11. The summed E-state index contributed by atoms with van der Waals surface area (Å²) in [5.41, 5.74) is 7.94. The van der Waals surface area contributed by atoms with Crippen LogP contribution >= 0.6 is 0 Å². The fraction of sp³-hybridized carbons (Fsp3) is 0.429. The minimum atomic E-state index is -1.33. The number of carbonyl (C=O) groups is 3. The summed E-state index contributed by atoms with van der Waals surface area (Å²) in [7, 11) is 0. The predicted octanol–water partition coefficient (Wildman–Crippen LogP) is -1.58. The Hall–Kier alpha value is -2.21. The maximum atomic E-state index is 10.6. The molecular formula is C7H9N3O5. The van der Waals surface area contributed by atoms with Crippen LogP contribution in [0.3, 0.4) is 0 Å².